The van der Waals surface area contributed by atoms with Gasteiger partial charge in [-0.2, -0.15) is 0 Å². The first-order chi connectivity index (χ1) is 13.9. The number of pyridine rings is 1. The van der Waals surface area contributed by atoms with Crippen LogP contribution < -0.4 is 15.8 Å². The predicted octanol–water partition coefficient (Wildman–Crippen LogP) is 4.38. The van der Waals surface area contributed by atoms with Gasteiger partial charge in [-0.25, -0.2) is 8.78 Å². The van der Waals surface area contributed by atoms with Crippen LogP contribution in [-0.4, -0.2) is 18.6 Å². The lowest BCUT2D eigenvalue weighted by atomic mass is 9.74. The Kier molecular flexibility index (Phi) is 4.88. The van der Waals surface area contributed by atoms with Gasteiger partial charge in [0.25, 0.3) is 0 Å². The summed E-state index contributed by atoms with van der Waals surface area (Å²) in [7, 11) is 1.55. The fraction of sp³-hybridized carbons (Fsp3) is 0.136. The second kappa shape index (κ2) is 7.37. The molecule has 2 heterocycles. The van der Waals surface area contributed by atoms with E-state index in [0.717, 1.165) is 17.3 Å². The molecule has 1 atom stereocenters. The van der Waals surface area contributed by atoms with Crippen LogP contribution in [0.15, 0.2) is 66.8 Å². The summed E-state index contributed by atoms with van der Waals surface area (Å²) in [5, 5.41) is 3.60. The number of nitrogens with two attached hydrogens (primary N) is 1. The highest BCUT2D eigenvalue weighted by Crippen LogP contribution is 2.41. The van der Waals surface area contributed by atoms with Gasteiger partial charge in [-0.3, -0.25) is 4.98 Å². The van der Waals surface area contributed by atoms with E-state index in [1.54, 1.807) is 25.3 Å². The van der Waals surface area contributed by atoms with Gasteiger partial charge in [0.05, 0.1) is 29.6 Å². The third kappa shape index (κ3) is 3.40. The van der Waals surface area contributed by atoms with Gasteiger partial charge in [-0.05, 0) is 47.5 Å². The maximum Gasteiger partial charge on any atom is 0.142 e. The fourth-order valence-electron chi connectivity index (χ4n) is 3.67. The molecule has 0 radical (unpaired) electrons. The predicted molar refractivity (Wildman–Crippen MR) is 109 cm³/mol. The molecule has 1 aromatic heterocycles. The number of rotatable bonds is 4. The number of hydrogen-bond donors (Lipinski definition) is 2. The molecule has 4 rings (SSSR count). The minimum atomic E-state index is -0.677. The second-order valence-electron chi connectivity index (χ2n) is 6.86. The molecule has 2 aromatic carbocycles. The van der Waals surface area contributed by atoms with Crippen LogP contribution in [0.2, 0.25) is 5.02 Å². The van der Waals surface area contributed by atoms with E-state index >= 15 is 0 Å². The summed E-state index contributed by atoms with van der Waals surface area (Å²) in [6.07, 6.45) is 4.39. The van der Waals surface area contributed by atoms with Gasteiger partial charge in [0.1, 0.15) is 17.4 Å². The first-order valence-corrected chi connectivity index (χ1v) is 9.28. The lowest BCUT2D eigenvalue weighted by molar-refractivity contribution is 0.414. The molecule has 3 N–H and O–H groups in total. The Hall–Kier alpha value is -3.12. The molecule has 0 saturated heterocycles. The molecule has 0 spiro atoms. The monoisotopic (exact) mass is 413 g/mol. The molecule has 29 heavy (non-hydrogen) atoms. The van der Waals surface area contributed by atoms with Crippen LogP contribution in [0.25, 0.3) is 11.1 Å². The summed E-state index contributed by atoms with van der Waals surface area (Å²) in [6, 6.07) is 11.5. The summed E-state index contributed by atoms with van der Waals surface area (Å²) in [5.41, 5.74) is 7.62. The smallest absolute Gasteiger partial charge is 0.142 e. The quantitative estimate of drug-likeness (QED) is 0.666. The summed E-state index contributed by atoms with van der Waals surface area (Å²) in [6.45, 7) is 0.466. The van der Waals surface area contributed by atoms with E-state index in [9.17, 15) is 8.78 Å². The average molecular weight is 414 g/mol. The van der Waals surface area contributed by atoms with Crippen LogP contribution in [0, 0.1) is 11.6 Å². The highest BCUT2D eigenvalue weighted by Gasteiger charge is 2.37. The van der Waals surface area contributed by atoms with Gasteiger partial charge < -0.3 is 15.8 Å². The first kappa shape index (κ1) is 19.2. The lowest BCUT2D eigenvalue weighted by Gasteiger charge is -2.29. The molecule has 3 aromatic rings. The largest absolute Gasteiger partial charge is 0.495 e. The Morgan fingerprint density at radius 2 is 1.86 bits per heavy atom. The van der Waals surface area contributed by atoms with Gasteiger partial charge in [-0.1, -0.05) is 23.7 Å². The van der Waals surface area contributed by atoms with E-state index in [4.69, 9.17) is 22.1 Å². The van der Waals surface area contributed by atoms with Crippen molar-refractivity contribution in [2.45, 2.75) is 5.41 Å². The van der Waals surface area contributed by atoms with Crippen molar-refractivity contribution in [3.63, 3.8) is 0 Å². The summed E-state index contributed by atoms with van der Waals surface area (Å²) in [4.78, 5) is 3.83. The standard InChI is InChI=1S/C22H18ClF2N3O/c1-29-20-5-3-15(8-18(20)23)22(9-21(26)28-12-22)14-2-4-19(25)17(7-14)13-6-16(24)11-27-10-13/h2-11,28H,12,26H2,1H3. The van der Waals surface area contributed by atoms with E-state index in [-0.39, 0.29) is 5.56 Å². The number of hydrogen-bond acceptors (Lipinski definition) is 4. The summed E-state index contributed by atoms with van der Waals surface area (Å²) >= 11 is 6.36. The first-order valence-electron chi connectivity index (χ1n) is 8.90. The third-order valence-electron chi connectivity index (χ3n) is 5.14. The third-order valence-corrected chi connectivity index (χ3v) is 5.43. The van der Waals surface area contributed by atoms with Crippen molar-refractivity contribution < 1.29 is 13.5 Å². The number of aromatic nitrogens is 1. The van der Waals surface area contributed by atoms with Crippen molar-refractivity contribution in [2.75, 3.05) is 13.7 Å². The Bertz CT molecular complexity index is 1120. The molecule has 0 saturated carbocycles. The number of benzene rings is 2. The van der Waals surface area contributed by atoms with Crippen LogP contribution in [-0.2, 0) is 5.41 Å². The van der Waals surface area contributed by atoms with Gasteiger partial charge in [0, 0.05) is 23.9 Å². The average Bonchev–Trinajstić information content (AvgIpc) is 3.11. The zero-order valence-corrected chi connectivity index (χ0v) is 16.3. The van der Waals surface area contributed by atoms with Crippen LogP contribution in [0.1, 0.15) is 11.1 Å². The van der Waals surface area contributed by atoms with Crippen molar-refractivity contribution >= 4 is 11.6 Å². The van der Waals surface area contributed by atoms with Gasteiger partial charge in [-0.15, -0.1) is 0 Å². The van der Waals surface area contributed by atoms with Crippen molar-refractivity contribution in [1.82, 2.24) is 10.3 Å². The fourth-order valence-corrected chi connectivity index (χ4v) is 3.93. The molecule has 0 fully saturated rings. The van der Waals surface area contributed by atoms with E-state index in [2.05, 4.69) is 10.3 Å². The van der Waals surface area contributed by atoms with Crippen LogP contribution in [0.5, 0.6) is 5.75 Å². The maximum atomic E-state index is 14.6. The van der Waals surface area contributed by atoms with E-state index < -0.39 is 17.0 Å². The van der Waals surface area contributed by atoms with Crippen LogP contribution in [0.3, 0.4) is 0 Å². The van der Waals surface area contributed by atoms with Crippen molar-refractivity contribution in [2.24, 2.45) is 5.73 Å². The minimum Gasteiger partial charge on any atom is -0.495 e. The van der Waals surface area contributed by atoms with E-state index in [0.29, 0.717) is 28.7 Å². The lowest BCUT2D eigenvalue weighted by Crippen LogP contribution is -2.31. The Balaban J connectivity index is 1.90. The topological polar surface area (TPSA) is 60.2 Å². The zero-order chi connectivity index (χ0) is 20.6. The number of nitrogens with zero attached hydrogens (tertiary/aromatic N) is 1. The molecule has 1 aliphatic rings. The van der Waals surface area contributed by atoms with Gasteiger partial charge >= 0.3 is 0 Å². The molecular formula is C22H18ClF2N3O. The zero-order valence-electron chi connectivity index (χ0n) is 15.5. The Morgan fingerprint density at radius 1 is 1.10 bits per heavy atom. The minimum absolute atomic E-state index is 0.257. The number of halogens is 3. The van der Waals surface area contributed by atoms with Crippen LogP contribution in [0.4, 0.5) is 8.78 Å². The molecule has 1 unspecified atom stereocenters. The molecule has 0 amide bonds. The van der Waals surface area contributed by atoms with Crippen LogP contribution >= 0.6 is 11.6 Å². The van der Waals surface area contributed by atoms with Crippen molar-refractivity contribution in [3.05, 3.63) is 94.5 Å². The second-order valence-corrected chi connectivity index (χ2v) is 7.27. The molecule has 7 heteroatoms. The SMILES string of the molecule is COc1ccc(C2(c3ccc(F)c(-c4cncc(F)c4)c3)C=C(N)NC2)cc1Cl. The molecule has 1 aliphatic heterocycles. The maximum absolute atomic E-state index is 14.6. The molecule has 148 valence electrons. The molecular weight excluding hydrogens is 396 g/mol. The Morgan fingerprint density at radius 3 is 2.52 bits per heavy atom. The van der Waals surface area contributed by atoms with Gasteiger partial charge in [0.2, 0.25) is 0 Å². The van der Waals surface area contributed by atoms with E-state index in [1.165, 1.54) is 18.3 Å². The Labute approximate surface area is 172 Å². The highest BCUT2D eigenvalue weighted by molar-refractivity contribution is 6.32. The summed E-state index contributed by atoms with van der Waals surface area (Å²) < 4.78 is 33.5. The van der Waals surface area contributed by atoms with Crippen molar-refractivity contribution in [3.8, 4) is 16.9 Å². The van der Waals surface area contributed by atoms with Gasteiger partial charge in [0.15, 0.2) is 0 Å². The normalized spacial score (nSPS) is 18.3. The highest BCUT2D eigenvalue weighted by atomic mass is 35.5. The molecule has 0 bridgehead atoms. The molecule has 0 aliphatic carbocycles. The number of nitrogens with one attached hydrogen (secondary N) is 1. The summed E-state index contributed by atoms with van der Waals surface area (Å²) in [5.74, 6) is 0.0666. The van der Waals surface area contributed by atoms with E-state index in [1.807, 2.05) is 18.2 Å². The van der Waals surface area contributed by atoms with Crippen molar-refractivity contribution in [1.29, 1.82) is 0 Å². The number of methoxy groups -OCH3 is 1. The molecule has 4 nitrogen and oxygen atoms in total. The number of ether oxygens (including phenoxy) is 1.